The van der Waals surface area contributed by atoms with Gasteiger partial charge in [-0.1, -0.05) is 0 Å². The highest BCUT2D eigenvalue weighted by Crippen LogP contribution is 2.32. The van der Waals surface area contributed by atoms with Crippen LogP contribution in [0.2, 0.25) is 0 Å². The fourth-order valence-electron chi connectivity index (χ4n) is 3.35. The summed E-state index contributed by atoms with van der Waals surface area (Å²) in [6.45, 7) is 1.95. The summed E-state index contributed by atoms with van der Waals surface area (Å²) < 4.78 is 7.80. The van der Waals surface area contributed by atoms with E-state index in [0.29, 0.717) is 6.04 Å². The number of carbonyl (C=O) groups is 1. The van der Waals surface area contributed by atoms with Gasteiger partial charge in [-0.25, -0.2) is 0 Å². The van der Waals surface area contributed by atoms with Crippen LogP contribution in [-0.4, -0.2) is 52.4 Å². The lowest BCUT2D eigenvalue weighted by Gasteiger charge is -2.35. The molecule has 6 heteroatoms. The summed E-state index contributed by atoms with van der Waals surface area (Å²) in [5, 5.41) is 6.89. The van der Waals surface area contributed by atoms with Crippen LogP contribution in [0, 0.1) is 0 Å². The summed E-state index contributed by atoms with van der Waals surface area (Å²) in [7, 11) is 3.61. The van der Waals surface area contributed by atoms with Crippen molar-refractivity contribution in [1.29, 1.82) is 0 Å². The molecule has 3 heterocycles. The van der Waals surface area contributed by atoms with E-state index in [2.05, 4.69) is 21.5 Å². The fraction of sp³-hybridized carbons (Fsp3) is 0.714. The summed E-state index contributed by atoms with van der Waals surface area (Å²) in [5.74, 6) is 0.00848. The van der Waals surface area contributed by atoms with E-state index in [-0.39, 0.29) is 18.1 Å². The second kappa shape index (κ2) is 5.54. The molecule has 110 valence electrons. The van der Waals surface area contributed by atoms with Crippen molar-refractivity contribution in [3.8, 4) is 0 Å². The topological polar surface area (TPSA) is 59.4 Å². The number of hydrogen-bond donors (Lipinski definition) is 1. The van der Waals surface area contributed by atoms with Crippen molar-refractivity contribution in [3.63, 3.8) is 0 Å². The third-order valence-electron chi connectivity index (χ3n) is 4.35. The summed E-state index contributed by atoms with van der Waals surface area (Å²) in [5.41, 5.74) is 1.24. The standard InChI is InChI=1S/C14H22N4O2/c1-15-14(19)13-4-3-11-12(20-13)5-6-18(11)9-10-7-16-17(2)8-10/h7-8,11-13H,3-6,9H2,1-2H3,(H,15,19)/t11-,12-,13+/m0/s1. The van der Waals surface area contributed by atoms with Crippen LogP contribution < -0.4 is 5.32 Å². The summed E-state index contributed by atoms with van der Waals surface area (Å²) in [4.78, 5) is 14.1. The number of aromatic nitrogens is 2. The van der Waals surface area contributed by atoms with Crippen molar-refractivity contribution in [3.05, 3.63) is 18.0 Å². The number of aryl methyl sites for hydroxylation is 1. The second-order valence-electron chi connectivity index (χ2n) is 5.70. The van der Waals surface area contributed by atoms with Gasteiger partial charge in [-0.2, -0.15) is 5.10 Å². The first-order chi connectivity index (χ1) is 9.67. The SMILES string of the molecule is CNC(=O)[C@H]1CC[C@H]2[C@H](CCN2Cc2cnn(C)c2)O1. The van der Waals surface area contributed by atoms with Crippen LogP contribution in [-0.2, 0) is 23.1 Å². The quantitative estimate of drug-likeness (QED) is 0.863. The second-order valence-corrected chi connectivity index (χ2v) is 5.70. The maximum Gasteiger partial charge on any atom is 0.248 e. The Bertz CT molecular complexity index is 487. The zero-order chi connectivity index (χ0) is 14.1. The van der Waals surface area contributed by atoms with Crippen molar-refractivity contribution in [2.24, 2.45) is 7.05 Å². The predicted octanol–water partition coefficient (Wildman–Crippen LogP) is 0.288. The Kier molecular flexibility index (Phi) is 3.76. The molecule has 2 aliphatic rings. The van der Waals surface area contributed by atoms with Crippen molar-refractivity contribution in [2.45, 2.75) is 44.1 Å². The summed E-state index contributed by atoms with van der Waals surface area (Å²) >= 11 is 0. The zero-order valence-corrected chi connectivity index (χ0v) is 12.1. The van der Waals surface area contributed by atoms with Crippen LogP contribution in [0.5, 0.6) is 0 Å². The number of fused-ring (bicyclic) bond motifs is 1. The fourth-order valence-corrected chi connectivity index (χ4v) is 3.35. The number of ether oxygens (including phenoxy) is 1. The predicted molar refractivity (Wildman–Crippen MR) is 74.0 cm³/mol. The van der Waals surface area contributed by atoms with Gasteiger partial charge in [-0.05, 0) is 19.3 Å². The number of carbonyl (C=O) groups excluding carboxylic acids is 1. The van der Waals surface area contributed by atoms with E-state index in [1.165, 1.54) is 5.56 Å². The van der Waals surface area contributed by atoms with Crippen LogP contribution in [0.15, 0.2) is 12.4 Å². The van der Waals surface area contributed by atoms with Gasteiger partial charge in [0, 0.05) is 45.0 Å². The van der Waals surface area contributed by atoms with E-state index >= 15 is 0 Å². The molecule has 20 heavy (non-hydrogen) atoms. The maximum atomic E-state index is 11.7. The van der Waals surface area contributed by atoms with Gasteiger partial charge in [0.15, 0.2) is 0 Å². The smallest absolute Gasteiger partial charge is 0.248 e. The highest BCUT2D eigenvalue weighted by Gasteiger charge is 2.41. The van der Waals surface area contributed by atoms with Gasteiger partial charge in [-0.15, -0.1) is 0 Å². The molecule has 0 bridgehead atoms. The van der Waals surface area contributed by atoms with Crippen molar-refractivity contribution < 1.29 is 9.53 Å². The number of nitrogens with one attached hydrogen (secondary N) is 1. The summed E-state index contributed by atoms with van der Waals surface area (Å²) in [6.07, 6.45) is 6.77. The molecule has 6 nitrogen and oxygen atoms in total. The molecule has 0 aromatic carbocycles. The molecular weight excluding hydrogens is 256 g/mol. The van der Waals surface area contributed by atoms with E-state index in [9.17, 15) is 4.79 Å². The zero-order valence-electron chi connectivity index (χ0n) is 12.1. The average molecular weight is 278 g/mol. The lowest BCUT2D eigenvalue weighted by Crippen LogP contribution is -2.47. The molecule has 1 amide bonds. The molecule has 1 aromatic rings. The lowest BCUT2D eigenvalue weighted by atomic mass is 9.98. The first-order valence-corrected chi connectivity index (χ1v) is 7.26. The van der Waals surface area contributed by atoms with Crippen LogP contribution >= 0.6 is 0 Å². The van der Waals surface area contributed by atoms with Crippen LogP contribution in [0.4, 0.5) is 0 Å². The Morgan fingerprint density at radius 1 is 1.50 bits per heavy atom. The van der Waals surface area contributed by atoms with Gasteiger partial charge < -0.3 is 10.1 Å². The molecule has 1 aromatic heterocycles. The van der Waals surface area contributed by atoms with Crippen molar-refractivity contribution in [1.82, 2.24) is 20.0 Å². The van der Waals surface area contributed by atoms with Crippen LogP contribution in [0.3, 0.4) is 0 Å². The number of likely N-dealkylation sites (N-methyl/N-ethyl adjacent to an activating group) is 1. The Morgan fingerprint density at radius 2 is 2.35 bits per heavy atom. The first-order valence-electron chi connectivity index (χ1n) is 7.26. The number of nitrogens with zero attached hydrogens (tertiary/aromatic N) is 3. The number of likely N-dealkylation sites (tertiary alicyclic amines) is 1. The minimum Gasteiger partial charge on any atom is -0.363 e. The number of rotatable bonds is 3. The largest absolute Gasteiger partial charge is 0.363 e. The first kappa shape index (κ1) is 13.6. The molecule has 3 atom stereocenters. The number of amides is 1. The van der Waals surface area contributed by atoms with Gasteiger partial charge >= 0.3 is 0 Å². The van der Waals surface area contributed by atoms with E-state index in [1.54, 1.807) is 7.05 Å². The Labute approximate surface area is 119 Å². The third-order valence-corrected chi connectivity index (χ3v) is 4.35. The number of hydrogen-bond acceptors (Lipinski definition) is 4. The molecule has 2 fully saturated rings. The van der Waals surface area contributed by atoms with Gasteiger partial charge in [0.05, 0.1) is 12.3 Å². The molecule has 0 unspecified atom stereocenters. The molecule has 0 radical (unpaired) electrons. The van der Waals surface area contributed by atoms with E-state index in [0.717, 1.165) is 32.4 Å². The third kappa shape index (κ3) is 2.58. The van der Waals surface area contributed by atoms with Gasteiger partial charge in [-0.3, -0.25) is 14.4 Å². The molecule has 1 N–H and O–H groups in total. The average Bonchev–Trinajstić information content (AvgIpc) is 3.05. The molecule has 2 aliphatic heterocycles. The molecule has 0 spiro atoms. The van der Waals surface area contributed by atoms with Gasteiger partial charge in [0.1, 0.15) is 6.10 Å². The molecular formula is C14H22N4O2. The lowest BCUT2D eigenvalue weighted by molar-refractivity contribution is -0.143. The normalized spacial score (nSPS) is 30.2. The Hall–Kier alpha value is -1.40. The highest BCUT2D eigenvalue weighted by molar-refractivity contribution is 5.80. The highest BCUT2D eigenvalue weighted by atomic mass is 16.5. The van der Waals surface area contributed by atoms with Crippen LogP contribution in [0.1, 0.15) is 24.8 Å². The van der Waals surface area contributed by atoms with Crippen molar-refractivity contribution >= 4 is 5.91 Å². The maximum absolute atomic E-state index is 11.7. The molecule has 3 rings (SSSR count). The van der Waals surface area contributed by atoms with E-state index < -0.39 is 0 Å². The van der Waals surface area contributed by atoms with Crippen LogP contribution in [0.25, 0.3) is 0 Å². The van der Waals surface area contributed by atoms with Gasteiger partial charge in [0.25, 0.3) is 0 Å². The Morgan fingerprint density at radius 3 is 3.05 bits per heavy atom. The monoisotopic (exact) mass is 278 g/mol. The minimum absolute atomic E-state index is 0.00848. The Balaban J connectivity index is 1.61. The molecule has 2 saturated heterocycles. The van der Waals surface area contributed by atoms with Gasteiger partial charge in [0.2, 0.25) is 5.91 Å². The molecule has 0 aliphatic carbocycles. The van der Waals surface area contributed by atoms with Crippen molar-refractivity contribution in [2.75, 3.05) is 13.6 Å². The minimum atomic E-state index is -0.264. The van der Waals surface area contributed by atoms with E-state index in [1.807, 2.05) is 17.9 Å². The van der Waals surface area contributed by atoms with E-state index in [4.69, 9.17) is 4.74 Å². The molecule has 0 saturated carbocycles. The summed E-state index contributed by atoms with van der Waals surface area (Å²) in [6, 6.07) is 0.441.